The standard InChI is InChI=1S/C12H21N3O4S/c1-7(6-15(4)5)14-20(18,19)11-8(2)10(12(16)17)13-9(11)3/h7,13-14H,6H2,1-5H3,(H,16,17). The van der Waals surface area contributed by atoms with Crippen LogP contribution in [-0.4, -0.2) is 56.1 Å². The van der Waals surface area contributed by atoms with E-state index < -0.39 is 16.0 Å². The van der Waals surface area contributed by atoms with Crippen LogP contribution in [0.25, 0.3) is 0 Å². The third kappa shape index (κ3) is 3.59. The van der Waals surface area contributed by atoms with E-state index in [-0.39, 0.29) is 22.2 Å². The van der Waals surface area contributed by atoms with Crippen molar-refractivity contribution in [2.45, 2.75) is 31.7 Å². The third-order valence-corrected chi connectivity index (χ3v) is 4.71. The minimum Gasteiger partial charge on any atom is -0.477 e. The van der Waals surface area contributed by atoms with Gasteiger partial charge in [0, 0.05) is 23.8 Å². The van der Waals surface area contributed by atoms with Crippen LogP contribution in [0, 0.1) is 13.8 Å². The summed E-state index contributed by atoms with van der Waals surface area (Å²) in [5, 5.41) is 9.02. The van der Waals surface area contributed by atoms with E-state index >= 15 is 0 Å². The average Bonchev–Trinajstić information content (AvgIpc) is 2.52. The Balaban J connectivity index is 3.14. The number of aromatic amines is 1. The van der Waals surface area contributed by atoms with E-state index in [0.29, 0.717) is 12.2 Å². The molecule has 0 amide bonds. The number of aromatic carboxylic acids is 1. The predicted octanol–water partition coefficient (Wildman–Crippen LogP) is 0.558. The van der Waals surface area contributed by atoms with Gasteiger partial charge in [-0.3, -0.25) is 0 Å². The molecule has 0 fully saturated rings. The van der Waals surface area contributed by atoms with Crippen LogP contribution in [-0.2, 0) is 10.0 Å². The van der Waals surface area contributed by atoms with E-state index in [4.69, 9.17) is 5.11 Å². The Kier molecular flexibility index (Phi) is 4.95. The number of nitrogens with one attached hydrogen (secondary N) is 2. The summed E-state index contributed by atoms with van der Waals surface area (Å²) >= 11 is 0. The maximum absolute atomic E-state index is 12.4. The molecule has 114 valence electrons. The average molecular weight is 303 g/mol. The number of hydrogen-bond donors (Lipinski definition) is 3. The first-order chi connectivity index (χ1) is 9.06. The Bertz CT molecular complexity index is 604. The molecule has 0 spiro atoms. The zero-order chi connectivity index (χ0) is 15.7. The number of rotatable bonds is 6. The smallest absolute Gasteiger partial charge is 0.352 e. The molecule has 1 rings (SSSR count). The first-order valence-electron chi connectivity index (χ1n) is 6.15. The number of aryl methyl sites for hydroxylation is 1. The number of H-pyrrole nitrogens is 1. The Hall–Kier alpha value is -1.38. The van der Waals surface area contributed by atoms with Gasteiger partial charge in [0.25, 0.3) is 0 Å². The van der Waals surface area contributed by atoms with Crippen molar-refractivity contribution < 1.29 is 18.3 Å². The second kappa shape index (κ2) is 5.94. The monoisotopic (exact) mass is 303 g/mol. The van der Waals surface area contributed by atoms with Crippen molar-refractivity contribution in [1.29, 1.82) is 0 Å². The lowest BCUT2D eigenvalue weighted by molar-refractivity contribution is 0.0690. The van der Waals surface area contributed by atoms with Gasteiger partial charge in [0.05, 0.1) is 0 Å². The Morgan fingerprint density at radius 1 is 1.40 bits per heavy atom. The second-order valence-corrected chi connectivity index (χ2v) is 6.82. The number of carbonyl (C=O) groups is 1. The molecule has 1 heterocycles. The summed E-state index contributed by atoms with van der Waals surface area (Å²) in [4.78, 5) is 15.5. The summed E-state index contributed by atoms with van der Waals surface area (Å²) in [6.07, 6.45) is 0. The summed E-state index contributed by atoms with van der Waals surface area (Å²) in [6, 6.07) is -0.281. The highest BCUT2D eigenvalue weighted by molar-refractivity contribution is 7.89. The van der Waals surface area contributed by atoms with Crippen molar-refractivity contribution in [1.82, 2.24) is 14.6 Å². The van der Waals surface area contributed by atoms with Gasteiger partial charge in [-0.25, -0.2) is 17.9 Å². The number of sulfonamides is 1. The van der Waals surface area contributed by atoms with Gasteiger partial charge in [-0.05, 0) is 34.9 Å². The third-order valence-electron chi connectivity index (χ3n) is 2.85. The molecule has 0 bridgehead atoms. The van der Waals surface area contributed by atoms with E-state index in [0.717, 1.165) is 0 Å². The van der Waals surface area contributed by atoms with Gasteiger partial charge in [-0.1, -0.05) is 0 Å². The van der Waals surface area contributed by atoms with E-state index in [1.807, 2.05) is 19.0 Å². The highest BCUT2D eigenvalue weighted by Crippen LogP contribution is 2.23. The number of aromatic nitrogens is 1. The maximum atomic E-state index is 12.4. The molecule has 0 radical (unpaired) electrons. The molecule has 0 aromatic carbocycles. The van der Waals surface area contributed by atoms with Crippen LogP contribution >= 0.6 is 0 Å². The Morgan fingerprint density at radius 2 is 1.95 bits per heavy atom. The SMILES string of the molecule is Cc1[nH]c(C(=O)O)c(C)c1S(=O)(=O)NC(C)CN(C)C. The Morgan fingerprint density at radius 3 is 2.35 bits per heavy atom. The number of likely N-dealkylation sites (N-methyl/N-ethyl adjacent to an activating group) is 1. The van der Waals surface area contributed by atoms with E-state index in [2.05, 4.69) is 9.71 Å². The zero-order valence-electron chi connectivity index (χ0n) is 12.3. The molecule has 20 heavy (non-hydrogen) atoms. The fourth-order valence-corrected chi connectivity index (χ4v) is 3.94. The van der Waals surface area contributed by atoms with Crippen molar-refractivity contribution in [3.8, 4) is 0 Å². The van der Waals surface area contributed by atoms with Gasteiger partial charge < -0.3 is 15.0 Å². The molecule has 0 saturated carbocycles. The fourth-order valence-electron chi connectivity index (χ4n) is 2.26. The van der Waals surface area contributed by atoms with Crippen LogP contribution in [0.15, 0.2) is 4.90 Å². The molecule has 8 heteroatoms. The molecule has 7 nitrogen and oxygen atoms in total. The van der Waals surface area contributed by atoms with Gasteiger partial charge in [0.1, 0.15) is 10.6 Å². The van der Waals surface area contributed by atoms with E-state index in [1.165, 1.54) is 6.92 Å². The molecule has 1 atom stereocenters. The zero-order valence-corrected chi connectivity index (χ0v) is 13.1. The number of carboxylic acid groups (broad SMARTS) is 1. The van der Waals surface area contributed by atoms with Gasteiger partial charge in [-0.15, -0.1) is 0 Å². The first kappa shape index (κ1) is 16.7. The second-order valence-electron chi connectivity index (χ2n) is 5.17. The normalized spacial score (nSPS) is 13.7. The molecule has 1 aromatic heterocycles. The molecular weight excluding hydrogens is 282 g/mol. The quantitative estimate of drug-likeness (QED) is 0.712. The van der Waals surface area contributed by atoms with Crippen LogP contribution in [0.2, 0.25) is 0 Å². The van der Waals surface area contributed by atoms with Crippen LogP contribution < -0.4 is 4.72 Å². The minimum absolute atomic E-state index is 0.0144. The van der Waals surface area contributed by atoms with Crippen LogP contribution in [0.5, 0.6) is 0 Å². The van der Waals surface area contributed by atoms with E-state index in [1.54, 1.807) is 13.8 Å². The molecule has 0 aliphatic rings. The summed E-state index contributed by atoms with van der Waals surface area (Å²) in [5.41, 5.74) is 0.451. The molecule has 1 aromatic rings. The lowest BCUT2D eigenvalue weighted by Gasteiger charge is -2.18. The first-order valence-corrected chi connectivity index (χ1v) is 7.64. The molecule has 0 saturated heterocycles. The molecule has 0 aliphatic carbocycles. The van der Waals surface area contributed by atoms with Crippen LogP contribution in [0.4, 0.5) is 0 Å². The van der Waals surface area contributed by atoms with Gasteiger partial charge >= 0.3 is 5.97 Å². The highest BCUT2D eigenvalue weighted by atomic mass is 32.2. The van der Waals surface area contributed by atoms with Crippen molar-refractivity contribution >= 4 is 16.0 Å². The summed E-state index contributed by atoms with van der Waals surface area (Å²) in [7, 11) is -0.0557. The van der Waals surface area contributed by atoms with E-state index in [9.17, 15) is 13.2 Å². The lowest BCUT2D eigenvalue weighted by Crippen LogP contribution is -2.39. The summed E-state index contributed by atoms with van der Waals surface area (Å²) in [5.74, 6) is -1.17. The summed E-state index contributed by atoms with van der Waals surface area (Å²) in [6.45, 7) is 5.34. The van der Waals surface area contributed by atoms with Crippen molar-refractivity contribution in [2.75, 3.05) is 20.6 Å². The lowest BCUT2D eigenvalue weighted by atomic mass is 10.2. The van der Waals surface area contributed by atoms with Crippen LogP contribution in [0.3, 0.4) is 0 Å². The maximum Gasteiger partial charge on any atom is 0.352 e. The number of hydrogen-bond acceptors (Lipinski definition) is 4. The Labute approximate surface area is 119 Å². The number of nitrogens with zero attached hydrogens (tertiary/aromatic N) is 1. The fraction of sp³-hybridized carbons (Fsp3) is 0.583. The van der Waals surface area contributed by atoms with Crippen molar-refractivity contribution in [3.63, 3.8) is 0 Å². The van der Waals surface area contributed by atoms with Crippen molar-refractivity contribution in [2.24, 2.45) is 0 Å². The largest absolute Gasteiger partial charge is 0.477 e. The van der Waals surface area contributed by atoms with Crippen molar-refractivity contribution in [3.05, 3.63) is 17.0 Å². The molecular formula is C12H21N3O4S. The molecule has 3 N–H and O–H groups in total. The van der Waals surface area contributed by atoms with Gasteiger partial charge in [0.2, 0.25) is 10.0 Å². The van der Waals surface area contributed by atoms with Gasteiger partial charge in [-0.2, -0.15) is 0 Å². The summed E-state index contributed by atoms with van der Waals surface area (Å²) < 4.78 is 27.3. The minimum atomic E-state index is -3.75. The topological polar surface area (TPSA) is 102 Å². The van der Waals surface area contributed by atoms with Gasteiger partial charge in [0.15, 0.2) is 0 Å². The highest BCUT2D eigenvalue weighted by Gasteiger charge is 2.27. The predicted molar refractivity (Wildman–Crippen MR) is 75.6 cm³/mol. The molecule has 0 aliphatic heterocycles. The van der Waals surface area contributed by atoms with Crippen LogP contribution in [0.1, 0.15) is 28.7 Å². The number of carboxylic acids is 1. The molecule has 1 unspecified atom stereocenters.